The molecule has 0 amide bonds. The van der Waals surface area contributed by atoms with Gasteiger partial charge >= 0.3 is 0 Å². The highest BCUT2D eigenvalue weighted by Gasteiger charge is 2.33. The fraction of sp³-hybridized carbons (Fsp3) is 0.316. The van der Waals surface area contributed by atoms with E-state index in [1.807, 2.05) is 60.7 Å². The molecule has 0 bridgehead atoms. The van der Waals surface area contributed by atoms with E-state index in [9.17, 15) is 20.4 Å². The van der Waals surface area contributed by atoms with Crippen LogP contribution in [0.2, 0.25) is 0 Å². The van der Waals surface area contributed by atoms with Gasteiger partial charge in [-0.1, -0.05) is 84.9 Å². The van der Waals surface area contributed by atoms with Crippen LogP contribution in [0.3, 0.4) is 0 Å². The largest absolute Gasteiger partial charge is 0.386 e. The van der Waals surface area contributed by atoms with Gasteiger partial charge < -0.3 is 20.4 Å². The third kappa shape index (κ3) is 5.14. The van der Waals surface area contributed by atoms with E-state index in [1.54, 1.807) is 55.4 Å². The Morgan fingerprint density at radius 3 is 0.714 bits per heavy atom. The van der Waals surface area contributed by atoms with E-state index in [1.165, 1.54) is 0 Å². The maximum absolute atomic E-state index is 11.4. The molecule has 0 aliphatic rings. The molecule has 0 unspecified atom stereocenters. The summed E-state index contributed by atoms with van der Waals surface area (Å²) in [5.74, 6) is 0. The topological polar surface area (TPSA) is 80.9 Å². The van der Waals surface area contributed by atoms with E-state index in [0.29, 0.717) is 0 Å². The van der Waals surface area contributed by atoms with Crippen LogP contribution in [0.4, 0.5) is 0 Å². The van der Waals surface area contributed by atoms with Gasteiger partial charge in [-0.2, -0.15) is 0 Å². The van der Waals surface area contributed by atoms with Crippen molar-refractivity contribution >= 4 is 21.5 Å². The van der Waals surface area contributed by atoms with Crippen molar-refractivity contribution in [3.8, 4) is 22.3 Å². The van der Waals surface area contributed by atoms with Crippen LogP contribution >= 0.6 is 0 Å². The summed E-state index contributed by atoms with van der Waals surface area (Å²) >= 11 is 0. The summed E-state index contributed by atoms with van der Waals surface area (Å²) in [4.78, 5) is 0. The van der Waals surface area contributed by atoms with Crippen LogP contribution in [0.5, 0.6) is 0 Å². The van der Waals surface area contributed by atoms with Gasteiger partial charge in [0.2, 0.25) is 0 Å². The van der Waals surface area contributed by atoms with Crippen molar-refractivity contribution in [3.05, 3.63) is 107 Å². The summed E-state index contributed by atoms with van der Waals surface area (Å²) < 4.78 is 0. The highest BCUT2D eigenvalue weighted by Crippen LogP contribution is 2.51. The summed E-state index contributed by atoms with van der Waals surface area (Å²) in [5, 5.41) is 49.4. The summed E-state index contributed by atoms with van der Waals surface area (Å²) in [5.41, 5.74) is 1.61. The Balaban J connectivity index is 2.10. The molecule has 4 N–H and O–H groups in total. The molecule has 0 spiro atoms. The van der Waals surface area contributed by atoms with Crippen molar-refractivity contribution in [3.63, 3.8) is 0 Å². The van der Waals surface area contributed by atoms with E-state index in [2.05, 4.69) is 24.3 Å². The predicted octanol–water partition coefficient (Wildman–Crippen LogP) is 8.24. The zero-order valence-corrected chi connectivity index (χ0v) is 25.9. The van der Waals surface area contributed by atoms with Crippen molar-refractivity contribution in [2.24, 2.45) is 0 Å². The average molecular weight is 563 g/mol. The Morgan fingerprint density at radius 1 is 0.310 bits per heavy atom. The first-order chi connectivity index (χ1) is 19.4. The zero-order valence-electron chi connectivity index (χ0n) is 25.9. The van der Waals surface area contributed by atoms with Gasteiger partial charge in [0.15, 0.2) is 0 Å². The maximum Gasteiger partial charge on any atom is 0.0846 e. The molecule has 4 heteroatoms. The molecule has 0 saturated heterocycles. The molecule has 0 atom stereocenters. The molecule has 218 valence electrons. The van der Waals surface area contributed by atoms with Gasteiger partial charge in [0.05, 0.1) is 22.4 Å². The lowest BCUT2D eigenvalue weighted by molar-refractivity contribution is 0.0719. The van der Waals surface area contributed by atoms with Crippen molar-refractivity contribution in [1.29, 1.82) is 0 Å². The van der Waals surface area contributed by atoms with E-state index >= 15 is 0 Å². The van der Waals surface area contributed by atoms with Crippen LogP contribution in [-0.4, -0.2) is 20.4 Å². The zero-order chi connectivity index (χ0) is 30.8. The molecule has 5 aromatic carbocycles. The number of aliphatic hydroxyl groups is 4. The second-order valence-corrected chi connectivity index (χ2v) is 13.5. The monoisotopic (exact) mass is 562 g/mol. The van der Waals surface area contributed by atoms with E-state index in [0.717, 1.165) is 66.1 Å². The number of hydrogen-bond acceptors (Lipinski definition) is 4. The van der Waals surface area contributed by atoms with Gasteiger partial charge in [0.25, 0.3) is 0 Å². The fourth-order valence-electron chi connectivity index (χ4n) is 6.35. The third-order valence-electron chi connectivity index (χ3n) is 8.20. The molecule has 0 saturated carbocycles. The molecule has 5 rings (SSSR count). The highest BCUT2D eigenvalue weighted by molar-refractivity contribution is 6.22. The van der Waals surface area contributed by atoms with Crippen molar-refractivity contribution < 1.29 is 20.4 Å². The van der Waals surface area contributed by atoms with Crippen LogP contribution in [0.25, 0.3) is 43.8 Å². The Hall–Kier alpha value is -3.54. The maximum atomic E-state index is 11.4. The van der Waals surface area contributed by atoms with Crippen LogP contribution in [0.15, 0.2) is 84.9 Å². The quantitative estimate of drug-likeness (QED) is 0.157. The number of hydrogen-bond donors (Lipinski definition) is 4. The minimum Gasteiger partial charge on any atom is -0.386 e. The molecule has 4 nitrogen and oxygen atoms in total. The molecule has 0 aromatic heterocycles. The van der Waals surface area contributed by atoms with Gasteiger partial charge in [0, 0.05) is 0 Å². The van der Waals surface area contributed by atoms with Gasteiger partial charge in [-0.25, -0.2) is 0 Å². The van der Waals surface area contributed by atoms with Gasteiger partial charge in [0.1, 0.15) is 0 Å². The van der Waals surface area contributed by atoms with Crippen LogP contribution in [0, 0.1) is 0 Å². The van der Waals surface area contributed by atoms with Crippen LogP contribution in [0.1, 0.15) is 77.6 Å². The first kappa shape index (κ1) is 29.9. The molecule has 0 aliphatic carbocycles. The molecule has 0 aliphatic heterocycles. The predicted molar refractivity (Wildman–Crippen MR) is 173 cm³/mol. The summed E-state index contributed by atoms with van der Waals surface area (Å²) in [6, 6.07) is 27.8. The first-order valence-corrected chi connectivity index (χ1v) is 14.5. The molecule has 0 fully saturated rings. The number of benzene rings is 5. The summed E-state index contributed by atoms with van der Waals surface area (Å²) in [6.07, 6.45) is 0. The number of fused-ring (bicyclic) bond motifs is 2. The normalized spacial score (nSPS) is 13.2. The molecule has 5 aromatic rings. The van der Waals surface area contributed by atoms with E-state index < -0.39 is 22.4 Å². The first-order valence-electron chi connectivity index (χ1n) is 14.5. The minimum atomic E-state index is -1.18. The van der Waals surface area contributed by atoms with Crippen molar-refractivity contribution in [1.82, 2.24) is 0 Å². The minimum absolute atomic E-state index is 0.722. The lowest BCUT2D eigenvalue weighted by Crippen LogP contribution is -2.23. The lowest BCUT2D eigenvalue weighted by atomic mass is 9.75. The van der Waals surface area contributed by atoms with Crippen LogP contribution in [-0.2, 0) is 22.4 Å². The fourth-order valence-corrected chi connectivity index (χ4v) is 6.35. The smallest absolute Gasteiger partial charge is 0.0846 e. The van der Waals surface area contributed by atoms with E-state index in [-0.39, 0.29) is 0 Å². The van der Waals surface area contributed by atoms with Gasteiger partial charge in [-0.15, -0.1) is 0 Å². The molecular formula is C38H42O4. The highest BCUT2D eigenvalue weighted by atomic mass is 16.3. The standard InChI is InChI=1S/C38H42O4/c1-35(2,39)27-19-13-20-28(36(3,4)40)33(27)31-23-15-9-11-17-25(23)32(26-18-12-10-16-24(26)31)34-29(37(5,6)41)21-14-22-30(34)38(7,8)42/h9-22,39-42H,1-8H3. The Labute approximate surface area is 248 Å². The van der Waals surface area contributed by atoms with Crippen LogP contribution < -0.4 is 0 Å². The SMILES string of the molecule is CC(C)(O)c1cccc(C(C)(C)O)c1-c1c2ccccc2c(-c2c(C(C)(C)O)cccc2C(C)(C)O)c2ccccc12. The molecule has 42 heavy (non-hydrogen) atoms. The second-order valence-electron chi connectivity index (χ2n) is 13.5. The summed E-state index contributed by atoms with van der Waals surface area (Å²) in [7, 11) is 0. The number of rotatable bonds is 6. The van der Waals surface area contributed by atoms with Crippen molar-refractivity contribution in [2.45, 2.75) is 77.8 Å². The Bertz CT molecular complexity index is 1550. The molecule has 0 heterocycles. The Morgan fingerprint density at radius 2 is 0.524 bits per heavy atom. The molecule has 0 radical (unpaired) electrons. The molecular weight excluding hydrogens is 520 g/mol. The van der Waals surface area contributed by atoms with Gasteiger partial charge in [-0.05, 0) is 121 Å². The van der Waals surface area contributed by atoms with Crippen molar-refractivity contribution in [2.75, 3.05) is 0 Å². The third-order valence-corrected chi connectivity index (χ3v) is 8.20. The second kappa shape index (κ2) is 10.0. The summed E-state index contributed by atoms with van der Waals surface area (Å²) in [6.45, 7) is 14.2. The average Bonchev–Trinajstić information content (AvgIpc) is 2.89. The lowest BCUT2D eigenvalue weighted by Gasteiger charge is -2.32. The Kier molecular flexibility index (Phi) is 7.15. The van der Waals surface area contributed by atoms with E-state index in [4.69, 9.17) is 0 Å². The van der Waals surface area contributed by atoms with Gasteiger partial charge in [-0.3, -0.25) is 0 Å².